The number of rotatable bonds is 6. The molecule has 3 nitrogen and oxygen atoms in total. The van der Waals surface area contributed by atoms with Crippen LogP contribution in [0.4, 0.5) is 0 Å². The van der Waals surface area contributed by atoms with E-state index in [9.17, 15) is 0 Å². The van der Waals surface area contributed by atoms with Gasteiger partial charge in [0.05, 0.1) is 15.2 Å². The monoisotopic (exact) mass is 315 g/mol. The van der Waals surface area contributed by atoms with Crippen LogP contribution >= 0.6 is 23.1 Å². The molecule has 1 atom stereocenters. The molecule has 3 N–H and O–H groups in total. The lowest BCUT2D eigenvalue weighted by molar-refractivity contribution is 0.574. The number of thiazole rings is 1. The first-order valence-corrected chi connectivity index (χ1v) is 8.64. The van der Waals surface area contributed by atoms with Crippen LogP contribution in [0.2, 0.25) is 0 Å². The van der Waals surface area contributed by atoms with E-state index >= 15 is 0 Å². The number of nitrogens with one attached hydrogen (secondary N) is 1. The minimum absolute atomic E-state index is 0.218. The van der Waals surface area contributed by atoms with E-state index in [2.05, 4.69) is 46.8 Å². The Kier molecular flexibility index (Phi) is 4.87. The molecular formula is C16H17N3S2. The highest BCUT2D eigenvalue weighted by Gasteiger charge is 2.12. The van der Waals surface area contributed by atoms with Gasteiger partial charge in [-0.25, -0.2) is 4.98 Å². The topological polar surface area (TPSA) is 50.9 Å². The molecule has 0 aliphatic rings. The second-order valence-electron chi connectivity index (χ2n) is 4.77. The summed E-state index contributed by atoms with van der Waals surface area (Å²) in [5.41, 5.74) is 3.98. The number of para-hydroxylation sites is 1. The maximum atomic E-state index is 5.69. The number of hydrogen-bond donors (Lipinski definition) is 2. The van der Waals surface area contributed by atoms with Crippen LogP contribution < -0.4 is 11.3 Å². The fraction of sp³-hybridized carbons (Fsp3) is 0.188. The Hall–Kier alpha value is -1.40. The number of thioether (sulfide) groups is 1. The summed E-state index contributed by atoms with van der Waals surface area (Å²) in [6.45, 7) is 0. The van der Waals surface area contributed by atoms with Gasteiger partial charge in [0, 0.05) is 23.1 Å². The summed E-state index contributed by atoms with van der Waals surface area (Å²) in [6.07, 6.45) is 0.857. The lowest BCUT2D eigenvalue weighted by Gasteiger charge is -2.13. The van der Waals surface area contributed by atoms with Crippen molar-refractivity contribution in [1.82, 2.24) is 10.4 Å². The average Bonchev–Trinajstić information content (AvgIpc) is 2.94. The Labute approximate surface area is 132 Å². The van der Waals surface area contributed by atoms with Crippen molar-refractivity contribution in [2.24, 2.45) is 5.84 Å². The molecule has 0 amide bonds. The molecule has 1 aromatic heterocycles. The Morgan fingerprint density at radius 2 is 1.86 bits per heavy atom. The lowest BCUT2D eigenvalue weighted by atomic mass is 10.2. The van der Waals surface area contributed by atoms with Crippen LogP contribution in [-0.2, 0) is 6.42 Å². The molecular weight excluding hydrogens is 298 g/mol. The Morgan fingerprint density at radius 3 is 2.62 bits per heavy atom. The van der Waals surface area contributed by atoms with Gasteiger partial charge in [0.25, 0.3) is 0 Å². The van der Waals surface area contributed by atoms with E-state index in [4.69, 9.17) is 5.84 Å². The average molecular weight is 315 g/mol. The number of aromatic nitrogens is 1. The van der Waals surface area contributed by atoms with Gasteiger partial charge in [-0.15, -0.1) is 23.1 Å². The van der Waals surface area contributed by atoms with E-state index in [0.29, 0.717) is 0 Å². The summed E-state index contributed by atoms with van der Waals surface area (Å²) >= 11 is 3.56. The zero-order valence-electron chi connectivity index (χ0n) is 11.5. The van der Waals surface area contributed by atoms with E-state index in [0.717, 1.165) is 22.7 Å². The summed E-state index contributed by atoms with van der Waals surface area (Å²) in [4.78, 5) is 5.93. The van der Waals surface area contributed by atoms with Crippen LogP contribution in [0.3, 0.4) is 0 Å². The van der Waals surface area contributed by atoms with Gasteiger partial charge in [-0.2, -0.15) is 0 Å². The molecule has 0 saturated carbocycles. The van der Waals surface area contributed by atoms with Crippen LogP contribution in [0.5, 0.6) is 0 Å². The Morgan fingerprint density at radius 1 is 1.10 bits per heavy atom. The summed E-state index contributed by atoms with van der Waals surface area (Å²) in [5.74, 6) is 6.62. The second-order valence-corrected chi connectivity index (χ2v) is 6.98. The number of benzene rings is 2. The van der Waals surface area contributed by atoms with Crippen LogP contribution in [0, 0.1) is 0 Å². The molecule has 0 aliphatic carbocycles. The number of nitrogens with two attached hydrogens (primary N) is 1. The van der Waals surface area contributed by atoms with Crippen molar-refractivity contribution in [2.45, 2.75) is 17.4 Å². The Bertz CT molecular complexity index is 664. The Balaban J connectivity index is 1.63. The fourth-order valence-electron chi connectivity index (χ4n) is 2.10. The quantitative estimate of drug-likeness (QED) is 0.415. The summed E-state index contributed by atoms with van der Waals surface area (Å²) in [5, 5.41) is 1.13. The summed E-state index contributed by atoms with van der Waals surface area (Å²) in [7, 11) is 0. The predicted octanol–water partition coefficient (Wildman–Crippen LogP) is 3.46. The van der Waals surface area contributed by atoms with Crippen LogP contribution in [-0.4, -0.2) is 16.8 Å². The number of nitrogens with zero attached hydrogens (tertiary/aromatic N) is 1. The molecule has 0 saturated heterocycles. The minimum Gasteiger partial charge on any atom is -0.271 e. The number of hydrazine groups is 1. The van der Waals surface area contributed by atoms with Crippen molar-refractivity contribution >= 4 is 33.3 Å². The van der Waals surface area contributed by atoms with Crippen LogP contribution in [0.1, 0.15) is 5.01 Å². The van der Waals surface area contributed by atoms with Gasteiger partial charge in [0.2, 0.25) is 0 Å². The van der Waals surface area contributed by atoms with Gasteiger partial charge in [0.15, 0.2) is 0 Å². The number of hydrogen-bond acceptors (Lipinski definition) is 5. The first-order chi connectivity index (χ1) is 10.3. The van der Waals surface area contributed by atoms with Crippen molar-refractivity contribution in [1.29, 1.82) is 0 Å². The van der Waals surface area contributed by atoms with Crippen molar-refractivity contribution in [2.75, 3.05) is 5.75 Å². The maximum Gasteiger partial charge on any atom is 0.0954 e. The molecule has 3 aromatic rings. The molecule has 0 aliphatic heterocycles. The van der Waals surface area contributed by atoms with Gasteiger partial charge in [-0.3, -0.25) is 11.3 Å². The number of fused-ring (bicyclic) bond motifs is 1. The van der Waals surface area contributed by atoms with E-state index in [1.54, 1.807) is 11.3 Å². The van der Waals surface area contributed by atoms with Crippen LogP contribution in [0.25, 0.3) is 10.2 Å². The molecule has 0 spiro atoms. The van der Waals surface area contributed by atoms with Crippen molar-refractivity contribution in [3.8, 4) is 0 Å². The van der Waals surface area contributed by atoms with E-state index < -0.39 is 0 Å². The molecule has 3 rings (SSSR count). The van der Waals surface area contributed by atoms with Gasteiger partial charge < -0.3 is 0 Å². The first-order valence-electron chi connectivity index (χ1n) is 6.83. The smallest absolute Gasteiger partial charge is 0.0954 e. The lowest BCUT2D eigenvalue weighted by Crippen LogP contribution is -2.38. The molecule has 0 radical (unpaired) electrons. The van der Waals surface area contributed by atoms with Crippen molar-refractivity contribution < 1.29 is 0 Å². The zero-order valence-corrected chi connectivity index (χ0v) is 13.2. The predicted molar refractivity (Wildman–Crippen MR) is 91.6 cm³/mol. The first kappa shape index (κ1) is 14.5. The SMILES string of the molecule is NNC(CSc1ccccc1)Cc1nc2ccccc2s1. The van der Waals surface area contributed by atoms with Crippen molar-refractivity contribution in [3.63, 3.8) is 0 Å². The molecule has 0 fully saturated rings. The highest BCUT2D eigenvalue weighted by Crippen LogP contribution is 2.24. The molecule has 1 unspecified atom stereocenters. The van der Waals surface area contributed by atoms with Gasteiger partial charge in [-0.1, -0.05) is 30.3 Å². The van der Waals surface area contributed by atoms with Gasteiger partial charge >= 0.3 is 0 Å². The molecule has 5 heteroatoms. The molecule has 21 heavy (non-hydrogen) atoms. The standard InChI is InChI=1S/C16H17N3S2/c17-19-12(11-20-13-6-2-1-3-7-13)10-16-18-14-8-4-5-9-15(14)21-16/h1-9,12,19H,10-11,17H2. The zero-order chi connectivity index (χ0) is 14.5. The summed E-state index contributed by atoms with van der Waals surface area (Å²) < 4.78 is 1.24. The molecule has 108 valence electrons. The second kappa shape index (κ2) is 7.04. The van der Waals surface area contributed by atoms with Crippen LogP contribution in [0.15, 0.2) is 59.5 Å². The highest BCUT2D eigenvalue weighted by molar-refractivity contribution is 7.99. The van der Waals surface area contributed by atoms with E-state index in [1.165, 1.54) is 9.60 Å². The molecule has 0 bridgehead atoms. The molecule has 1 heterocycles. The third-order valence-corrected chi connectivity index (χ3v) is 5.42. The fourth-order valence-corrected chi connectivity index (χ4v) is 4.10. The normalized spacial score (nSPS) is 12.6. The third-order valence-electron chi connectivity index (χ3n) is 3.19. The third kappa shape index (κ3) is 3.83. The van der Waals surface area contributed by atoms with E-state index in [-0.39, 0.29) is 6.04 Å². The largest absolute Gasteiger partial charge is 0.271 e. The summed E-state index contributed by atoms with van der Waals surface area (Å²) in [6, 6.07) is 18.8. The minimum atomic E-state index is 0.218. The highest BCUT2D eigenvalue weighted by atomic mass is 32.2. The van der Waals surface area contributed by atoms with Gasteiger partial charge in [0.1, 0.15) is 0 Å². The molecule has 2 aromatic carbocycles. The van der Waals surface area contributed by atoms with E-state index in [1.807, 2.05) is 30.0 Å². The van der Waals surface area contributed by atoms with Crippen molar-refractivity contribution in [3.05, 3.63) is 59.6 Å². The van der Waals surface area contributed by atoms with Gasteiger partial charge in [-0.05, 0) is 24.3 Å². The maximum absolute atomic E-state index is 5.69.